The molecule has 60 heavy (non-hydrogen) atoms. The normalized spacial score (nSPS) is 21.8. The second-order valence-corrected chi connectivity index (χ2v) is 22.8. The predicted octanol–water partition coefficient (Wildman–Crippen LogP) is 9.40. The topological polar surface area (TPSA) is 171 Å². The molecule has 0 bridgehead atoms. The van der Waals surface area contributed by atoms with Crippen LogP contribution in [0.25, 0.3) is 5.76 Å². The number of hydrogen-bond acceptors (Lipinski definition) is 10. The summed E-state index contributed by atoms with van der Waals surface area (Å²) in [6.45, 7) is 13.6. The molecule has 1 saturated carbocycles. The SMILES string of the molecule is CCCCC(Cc1c(C)c(OCc2ccccc2)c2c(c1F)C[C@H]1C[C@H]3[C@H](N)c4onc(OCc5ccccc5)c4C(=O)[C@@]3(O[Si](C)(C)C(C)(C)C)C(=O)C1=C2O)C(=O)O. The molecule has 0 aliphatic heterocycles. The molecule has 4 aromatic rings. The number of carboxylic acid groups (broad SMARTS) is 1. The van der Waals surface area contributed by atoms with Crippen LogP contribution in [0.15, 0.2) is 70.8 Å². The van der Waals surface area contributed by atoms with Crippen molar-refractivity contribution in [1.29, 1.82) is 0 Å². The number of halogens is 1. The minimum atomic E-state index is -3.01. The largest absolute Gasteiger partial charge is 0.507 e. The zero-order valence-corrected chi connectivity index (χ0v) is 36.4. The minimum Gasteiger partial charge on any atom is -0.507 e. The van der Waals surface area contributed by atoms with Gasteiger partial charge in [0.25, 0.3) is 5.88 Å². The average molecular weight is 839 g/mol. The highest BCUT2D eigenvalue weighted by Crippen LogP contribution is 2.58. The van der Waals surface area contributed by atoms with E-state index in [1.54, 1.807) is 6.92 Å². The van der Waals surface area contributed by atoms with Crippen molar-refractivity contribution < 1.29 is 47.4 Å². The van der Waals surface area contributed by atoms with Crippen LogP contribution in [0.3, 0.4) is 0 Å². The molecule has 5 atom stereocenters. The first-order chi connectivity index (χ1) is 28.4. The van der Waals surface area contributed by atoms with E-state index in [-0.39, 0.29) is 77.7 Å². The molecule has 1 aromatic heterocycles. The molecule has 0 amide bonds. The Bertz CT molecular complexity index is 2340. The first-order valence-corrected chi connectivity index (χ1v) is 23.7. The first-order valence-electron chi connectivity index (χ1n) is 20.8. The van der Waals surface area contributed by atoms with Crippen molar-refractivity contribution in [3.05, 3.63) is 117 Å². The van der Waals surface area contributed by atoms with Gasteiger partial charge in [-0.2, -0.15) is 0 Å². The lowest BCUT2D eigenvalue weighted by Crippen LogP contribution is -2.68. The molecule has 0 spiro atoms. The van der Waals surface area contributed by atoms with Crippen molar-refractivity contribution in [2.45, 2.75) is 116 Å². The van der Waals surface area contributed by atoms with Gasteiger partial charge in [0, 0.05) is 17.1 Å². The fraction of sp³-hybridized carbons (Fsp3) is 0.447. The van der Waals surface area contributed by atoms with E-state index in [0.717, 1.165) is 17.5 Å². The zero-order chi connectivity index (χ0) is 43.3. The molecule has 1 unspecified atom stereocenters. The maximum Gasteiger partial charge on any atom is 0.306 e. The van der Waals surface area contributed by atoms with Crippen molar-refractivity contribution in [3.8, 4) is 11.6 Å². The Balaban J connectivity index is 1.40. The van der Waals surface area contributed by atoms with E-state index in [4.69, 9.17) is 24.2 Å². The third-order valence-corrected chi connectivity index (χ3v) is 17.7. The summed E-state index contributed by atoms with van der Waals surface area (Å²) < 4.78 is 42.6. The number of carbonyl (C=O) groups is 3. The van der Waals surface area contributed by atoms with Gasteiger partial charge in [-0.25, -0.2) is 4.39 Å². The summed E-state index contributed by atoms with van der Waals surface area (Å²) in [6, 6.07) is 17.6. The third-order valence-electron chi connectivity index (χ3n) is 13.2. The lowest BCUT2D eigenvalue weighted by atomic mass is 9.57. The molecular weight excluding hydrogens is 784 g/mol. The van der Waals surface area contributed by atoms with Crippen LogP contribution in [0, 0.1) is 30.5 Å². The van der Waals surface area contributed by atoms with Crippen molar-refractivity contribution in [2.24, 2.45) is 23.5 Å². The monoisotopic (exact) mass is 838 g/mol. The van der Waals surface area contributed by atoms with Crippen LogP contribution in [-0.2, 0) is 40.1 Å². The molecule has 3 aromatic carbocycles. The fourth-order valence-corrected chi connectivity index (χ4v) is 10.3. The Kier molecular flexibility index (Phi) is 11.7. The van der Waals surface area contributed by atoms with Crippen molar-refractivity contribution in [3.63, 3.8) is 0 Å². The second-order valence-electron chi connectivity index (χ2n) is 18.0. The van der Waals surface area contributed by atoms with E-state index < -0.39 is 71.9 Å². The van der Waals surface area contributed by atoms with Gasteiger partial charge in [-0.05, 0) is 84.1 Å². The number of ether oxygens (including phenoxy) is 2. The number of nitrogens with two attached hydrogens (primary N) is 1. The summed E-state index contributed by atoms with van der Waals surface area (Å²) in [5.41, 5.74) is 6.96. The Labute approximate surface area is 351 Å². The van der Waals surface area contributed by atoms with E-state index in [1.165, 1.54) is 0 Å². The minimum absolute atomic E-state index is 0.00995. The quantitative estimate of drug-likeness (QED) is 0.0816. The molecule has 11 nitrogen and oxygen atoms in total. The van der Waals surface area contributed by atoms with Gasteiger partial charge >= 0.3 is 5.97 Å². The number of ketones is 2. The summed E-state index contributed by atoms with van der Waals surface area (Å²) in [5.74, 6) is -6.16. The van der Waals surface area contributed by atoms with E-state index in [2.05, 4.69) is 5.16 Å². The first kappa shape index (κ1) is 43.0. The maximum atomic E-state index is 17.2. The second kappa shape index (κ2) is 16.4. The number of unbranched alkanes of at least 4 members (excludes halogenated alkanes) is 1. The number of Topliss-reactive ketones (excluding diaryl/α,β-unsaturated/α-hetero) is 2. The molecule has 0 saturated heterocycles. The molecule has 1 fully saturated rings. The third kappa shape index (κ3) is 7.38. The van der Waals surface area contributed by atoms with Gasteiger partial charge < -0.3 is 34.4 Å². The van der Waals surface area contributed by atoms with E-state index in [1.807, 2.05) is 101 Å². The Morgan fingerprint density at radius 3 is 2.22 bits per heavy atom. The van der Waals surface area contributed by atoms with Crippen LogP contribution in [0.5, 0.6) is 11.6 Å². The summed E-state index contributed by atoms with van der Waals surface area (Å²) in [7, 11) is -3.01. The molecule has 13 heteroatoms. The van der Waals surface area contributed by atoms with E-state index in [0.29, 0.717) is 18.4 Å². The lowest BCUT2D eigenvalue weighted by molar-refractivity contribution is -0.142. The summed E-state index contributed by atoms with van der Waals surface area (Å²) >= 11 is 0. The number of carboxylic acids is 1. The van der Waals surface area contributed by atoms with Crippen LogP contribution in [0.2, 0.25) is 18.1 Å². The highest BCUT2D eigenvalue weighted by Gasteiger charge is 2.68. The summed E-state index contributed by atoms with van der Waals surface area (Å²) in [6.07, 6.45) is 1.73. The van der Waals surface area contributed by atoms with Gasteiger partial charge in [-0.15, -0.1) is 0 Å². The number of rotatable bonds is 14. The number of carbonyl (C=O) groups excluding carboxylic acids is 2. The van der Waals surface area contributed by atoms with Gasteiger partial charge in [0.1, 0.15) is 36.1 Å². The molecule has 318 valence electrons. The van der Waals surface area contributed by atoms with Crippen LogP contribution in [-0.4, -0.2) is 46.8 Å². The average Bonchev–Trinajstić information content (AvgIpc) is 3.64. The fourth-order valence-electron chi connectivity index (χ4n) is 8.85. The van der Waals surface area contributed by atoms with Crippen LogP contribution in [0.1, 0.15) is 109 Å². The van der Waals surface area contributed by atoms with E-state index >= 15 is 14.0 Å². The lowest BCUT2D eigenvalue weighted by Gasteiger charge is -2.53. The molecular formula is C47H55FN2O9Si. The molecule has 3 aliphatic carbocycles. The molecule has 1 heterocycles. The number of fused-ring (bicyclic) bond motifs is 4. The number of aromatic nitrogens is 1. The van der Waals surface area contributed by atoms with Crippen molar-refractivity contribution in [1.82, 2.24) is 5.16 Å². The highest BCUT2D eigenvalue weighted by atomic mass is 28.4. The Hall–Kier alpha value is -5.11. The molecule has 0 radical (unpaired) electrons. The Morgan fingerprint density at radius 2 is 1.63 bits per heavy atom. The number of hydrogen-bond donors (Lipinski definition) is 3. The van der Waals surface area contributed by atoms with Gasteiger partial charge in [0.05, 0.1) is 17.5 Å². The van der Waals surface area contributed by atoms with E-state index in [9.17, 15) is 15.0 Å². The number of aliphatic hydroxyl groups excluding tert-OH is 1. The molecule has 4 N–H and O–H groups in total. The van der Waals surface area contributed by atoms with Gasteiger partial charge in [-0.3, -0.25) is 14.4 Å². The van der Waals surface area contributed by atoms with Crippen LogP contribution < -0.4 is 15.2 Å². The van der Waals surface area contributed by atoms with Crippen LogP contribution >= 0.6 is 0 Å². The number of aliphatic hydroxyl groups is 1. The number of nitrogens with zero attached hydrogens (tertiary/aromatic N) is 1. The highest BCUT2D eigenvalue weighted by molar-refractivity contribution is 6.74. The van der Waals surface area contributed by atoms with Gasteiger partial charge in [0.15, 0.2) is 19.7 Å². The van der Waals surface area contributed by atoms with Crippen LogP contribution in [0.4, 0.5) is 4.39 Å². The summed E-state index contributed by atoms with van der Waals surface area (Å²) in [5, 5.41) is 26.4. The summed E-state index contributed by atoms with van der Waals surface area (Å²) in [4.78, 5) is 43.5. The van der Waals surface area contributed by atoms with Gasteiger partial charge in [0.2, 0.25) is 11.6 Å². The number of benzene rings is 3. The molecule has 7 rings (SSSR count). The zero-order valence-electron chi connectivity index (χ0n) is 35.4. The van der Waals surface area contributed by atoms with Crippen molar-refractivity contribution in [2.75, 3.05) is 0 Å². The van der Waals surface area contributed by atoms with Gasteiger partial charge in [-0.1, -0.05) is 101 Å². The molecule has 3 aliphatic rings. The van der Waals surface area contributed by atoms with Crippen molar-refractivity contribution >= 4 is 31.6 Å². The Morgan fingerprint density at radius 1 is 1.02 bits per heavy atom. The number of aliphatic carboxylic acids is 1. The maximum absolute atomic E-state index is 17.2. The standard InChI is InChI=1S/C47H55FN2O9Si/c1-8-9-20-29(45(54)55)21-31-26(2)40(56-24-27-16-12-10-13-17-27)35-32(37(31)48)22-30-23-33-38(49)41-36(44(50-58-41)57-25-28-18-14-11-15-19-28)43(53)47(33,42(52)34(30)39(35)51)59-60(6,7)46(3,4)5/h10-19,29-30,33,38,51H,8-9,20-25,49H2,1-7H3,(H,54,55)/t29?,30-,33-,38-,47-/m0/s1. The smallest absolute Gasteiger partial charge is 0.306 e. The predicted molar refractivity (Wildman–Crippen MR) is 226 cm³/mol.